The molecule has 0 fully saturated rings. The third kappa shape index (κ3) is 4.62. The lowest BCUT2D eigenvalue weighted by atomic mass is 10.1. The van der Waals surface area contributed by atoms with Crippen LogP contribution in [0.2, 0.25) is 0 Å². The highest BCUT2D eigenvalue weighted by Crippen LogP contribution is 2.17. The number of hydrogen-bond acceptors (Lipinski definition) is 1. The van der Waals surface area contributed by atoms with Gasteiger partial charge in [0.2, 0.25) is 0 Å². The molecule has 2 heteroatoms. The van der Waals surface area contributed by atoms with Gasteiger partial charge in [0.15, 0.2) is 0 Å². The fourth-order valence-electron chi connectivity index (χ4n) is 0.388. The summed E-state index contributed by atoms with van der Waals surface area (Å²) in [6.07, 6.45) is 3.53. The molecular weight excluding hydrogens is 147 g/mol. The summed E-state index contributed by atoms with van der Waals surface area (Å²) in [6, 6.07) is 0. The average Bonchev–Trinajstić information content (AvgIpc) is 1.85. The van der Waals surface area contributed by atoms with Crippen LogP contribution in [-0.2, 0) is 0 Å². The molecule has 0 aromatic heterocycles. The normalized spacial score (nSPS) is 17.2. The molecule has 58 valence electrons. The standard InChI is InChI=1S/C8H13FS/c1-4-8(3,9)6-5-7(2)10/h5-6,10H,2,4H2,1,3H3/b6-5-. The average molecular weight is 160 g/mol. The van der Waals surface area contributed by atoms with Crippen molar-refractivity contribution >= 4 is 12.6 Å². The molecule has 0 aliphatic heterocycles. The van der Waals surface area contributed by atoms with Crippen molar-refractivity contribution in [2.24, 2.45) is 0 Å². The lowest BCUT2D eigenvalue weighted by molar-refractivity contribution is 0.250. The maximum absolute atomic E-state index is 13.0. The molecule has 0 aliphatic rings. The van der Waals surface area contributed by atoms with Crippen molar-refractivity contribution in [2.45, 2.75) is 25.9 Å². The van der Waals surface area contributed by atoms with Gasteiger partial charge in [-0.1, -0.05) is 19.6 Å². The summed E-state index contributed by atoms with van der Waals surface area (Å²) in [6.45, 7) is 6.83. The van der Waals surface area contributed by atoms with E-state index in [9.17, 15) is 4.39 Å². The van der Waals surface area contributed by atoms with E-state index in [-0.39, 0.29) is 0 Å². The van der Waals surface area contributed by atoms with Crippen LogP contribution in [0.3, 0.4) is 0 Å². The van der Waals surface area contributed by atoms with Gasteiger partial charge in [-0.2, -0.15) is 0 Å². The fraction of sp³-hybridized carbons (Fsp3) is 0.500. The van der Waals surface area contributed by atoms with E-state index in [0.717, 1.165) is 0 Å². The van der Waals surface area contributed by atoms with Gasteiger partial charge in [0.25, 0.3) is 0 Å². The van der Waals surface area contributed by atoms with E-state index < -0.39 is 5.67 Å². The largest absolute Gasteiger partial charge is 0.240 e. The van der Waals surface area contributed by atoms with Crippen molar-refractivity contribution in [1.82, 2.24) is 0 Å². The van der Waals surface area contributed by atoms with Crippen LogP contribution < -0.4 is 0 Å². The number of thiol groups is 1. The highest BCUT2D eigenvalue weighted by molar-refractivity contribution is 7.84. The molecule has 0 radical (unpaired) electrons. The van der Waals surface area contributed by atoms with Crippen LogP contribution in [-0.4, -0.2) is 5.67 Å². The smallest absolute Gasteiger partial charge is 0.126 e. The van der Waals surface area contributed by atoms with Gasteiger partial charge < -0.3 is 0 Å². The van der Waals surface area contributed by atoms with Gasteiger partial charge >= 0.3 is 0 Å². The minimum Gasteiger partial charge on any atom is -0.240 e. The van der Waals surface area contributed by atoms with E-state index >= 15 is 0 Å². The summed E-state index contributed by atoms with van der Waals surface area (Å²) in [5, 5.41) is 0. The van der Waals surface area contributed by atoms with Crippen LogP contribution in [0.25, 0.3) is 0 Å². The molecule has 0 saturated carbocycles. The van der Waals surface area contributed by atoms with E-state index in [0.29, 0.717) is 11.3 Å². The van der Waals surface area contributed by atoms with Crippen molar-refractivity contribution < 1.29 is 4.39 Å². The van der Waals surface area contributed by atoms with Crippen LogP contribution in [0.15, 0.2) is 23.6 Å². The van der Waals surface area contributed by atoms with Gasteiger partial charge in [-0.15, -0.1) is 12.6 Å². The second-order valence-electron chi connectivity index (χ2n) is 2.46. The zero-order chi connectivity index (χ0) is 8.20. The van der Waals surface area contributed by atoms with Gasteiger partial charge in [0, 0.05) is 0 Å². The van der Waals surface area contributed by atoms with Crippen molar-refractivity contribution in [3.63, 3.8) is 0 Å². The number of halogens is 1. The van der Waals surface area contributed by atoms with Gasteiger partial charge in [-0.05, 0) is 24.3 Å². The first-order chi connectivity index (χ1) is 4.48. The Balaban J connectivity index is 3.99. The van der Waals surface area contributed by atoms with Crippen LogP contribution in [0.1, 0.15) is 20.3 Å². The summed E-state index contributed by atoms with van der Waals surface area (Å²) < 4.78 is 13.0. The SMILES string of the molecule is C=C(S)/C=C\C(C)(F)CC. The van der Waals surface area contributed by atoms with Gasteiger partial charge in [-0.3, -0.25) is 0 Å². The molecule has 0 heterocycles. The number of rotatable bonds is 3. The molecule has 0 aromatic carbocycles. The zero-order valence-electron chi connectivity index (χ0n) is 6.39. The molecule has 10 heavy (non-hydrogen) atoms. The van der Waals surface area contributed by atoms with Crippen LogP contribution in [0.4, 0.5) is 4.39 Å². The van der Waals surface area contributed by atoms with Crippen molar-refractivity contribution in [1.29, 1.82) is 0 Å². The molecule has 0 aromatic rings. The third-order valence-electron chi connectivity index (χ3n) is 1.31. The highest BCUT2D eigenvalue weighted by atomic mass is 32.1. The lowest BCUT2D eigenvalue weighted by Crippen LogP contribution is -2.11. The number of hydrogen-bond donors (Lipinski definition) is 1. The van der Waals surface area contributed by atoms with Gasteiger partial charge in [0.1, 0.15) is 5.67 Å². The monoisotopic (exact) mass is 160 g/mol. The van der Waals surface area contributed by atoms with Crippen LogP contribution >= 0.6 is 12.6 Å². The predicted molar refractivity (Wildman–Crippen MR) is 47.1 cm³/mol. The van der Waals surface area contributed by atoms with E-state index in [1.54, 1.807) is 13.0 Å². The Hall–Kier alpha value is -0.240. The first-order valence-corrected chi connectivity index (χ1v) is 3.68. The zero-order valence-corrected chi connectivity index (χ0v) is 7.29. The predicted octanol–water partition coefficient (Wildman–Crippen LogP) is 3.12. The van der Waals surface area contributed by atoms with Crippen LogP contribution in [0, 0.1) is 0 Å². The molecular formula is C8H13FS. The molecule has 1 atom stereocenters. The highest BCUT2D eigenvalue weighted by Gasteiger charge is 2.14. The van der Waals surface area contributed by atoms with E-state index in [2.05, 4.69) is 19.2 Å². The lowest BCUT2D eigenvalue weighted by Gasteiger charge is -2.11. The maximum Gasteiger partial charge on any atom is 0.126 e. The number of alkyl halides is 1. The van der Waals surface area contributed by atoms with E-state index in [1.165, 1.54) is 13.0 Å². The fourth-order valence-corrected chi connectivity index (χ4v) is 0.462. The Kier molecular flexibility index (Phi) is 3.72. The maximum atomic E-state index is 13.0. The van der Waals surface area contributed by atoms with Gasteiger partial charge in [0.05, 0.1) is 0 Å². The van der Waals surface area contributed by atoms with Crippen LogP contribution in [0.5, 0.6) is 0 Å². The molecule has 0 amide bonds. The first kappa shape index (κ1) is 9.76. The Morgan fingerprint density at radius 1 is 1.80 bits per heavy atom. The first-order valence-electron chi connectivity index (χ1n) is 3.24. The van der Waals surface area contributed by atoms with Crippen molar-refractivity contribution in [3.8, 4) is 0 Å². The van der Waals surface area contributed by atoms with Crippen molar-refractivity contribution in [2.75, 3.05) is 0 Å². The van der Waals surface area contributed by atoms with E-state index in [1.807, 2.05) is 0 Å². The Labute approximate surface area is 67.2 Å². The Bertz CT molecular complexity index is 147. The topological polar surface area (TPSA) is 0 Å². The molecule has 0 rings (SSSR count). The summed E-state index contributed by atoms with van der Waals surface area (Å²) in [5.41, 5.74) is -1.22. The summed E-state index contributed by atoms with van der Waals surface area (Å²) >= 11 is 3.90. The molecule has 0 aliphatic carbocycles. The molecule has 0 nitrogen and oxygen atoms in total. The van der Waals surface area contributed by atoms with E-state index in [4.69, 9.17) is 0 Å². The summed E-state index contributed by atoms with van der Waals surface area (Å²) in [5.74, 6) is 0. The molecule has 0 bridgehead atoms. The molecule has 1 unspecified atom stereocenters. The third-order valence-corrected chi connectivity index (χ3v) is 1.46. The second kappa shape index (κ2) is 3.81. The Morgan fingerprint density at radius 3 is 2.60 bits per heavy atom. The minimum absolute atomic E-state index is 0.477. The summed E-state index contributed by atoms with van der Waals surface area (Å²) in [4.78, 5) is 0.581. The molecule has 0 spiro atoms. The quantitative estimate of drug-likeness (QED) is 0.476. The van der Waals surface area contributed by atoms with Gasteiger partial charge in [-0.25, -0.2) is 4.39 Å². The molecule has 0 N–H and O–H groups in total. The number of allylic oxidation sites excluding steroid dienone is 2. The Morgan fingerprint density at radius 2 is 2.30 bits per heavy atom. The summed E-state index contributed by atoms with van der Waals surface area (Å²) in [7, 11) is 0. The van der Waals surface area contributed by atoms with Crippen molar-refractivity contribution in [3.05, 3.63) is 23.6 Å². The molecule has 0 saturated heterocycles. The minimum atomic E-state index is -1.22. The second-order valence-corrected chi connectivity index (χ2v) is 3.03.